The molecule has 0 aliphatic rings. The summed E-state index contributed by atoms with van der Waals surface area (Å²) in [6, 6.07) is 7.95. The molecule has 1 aromatic carbocycles. The molecule has 0 atom stereocenters. The Balaban J connectivity index is 2.94. The molecule has 94 valence electrons. The maximum Gasteiger partial charge on any atom is 0.269 e. The molecule has 0 bridgehead atoms. The van der Waals surface area contributed by atoms with Crippen molar-refractivity contribution in [2.24, 2.45) is 0 Å². The van der Waals surface area contributed by atoms with Gasteiger partial charge in [0.05, 0.1) is 4.92 Å². The monoisotopic (exact) mass is 262 g/mol. The van der Waals surface area contributed by atoms with E-state index in [1.54, 1.807) is 18.2 Å². The number of hydrogen-bond acceptors (Lipinski definition) is 4. The SMILES string of the molecule is C[Si](C)(C)O/C(C#N)=C\c1ccc([N+](=O)[O-])cc1. The number of non-ortho nitro benzene ring substituents is 1. The fraction of sp³-hybridized carbons (Fsp3) is 0.250. The molecule has 0 radical (unpaired) electrons. The molecule has 0 fully saturated rings. The second-order valence-electron chi connectivity index (χ2n) is 4.68. The van der Waals surface area contributed by atoms with Crippen LogP contribution in [0.5, 0.6) is 0 Å². The molecule has 6 heteroatoms. The number of nitrogens with zero attached hydrogens (tertiary/aromatic N) is 2. The highest BCUT2D eigenvalue weighted by Crippen LogP contribution is 2.16. The van der Waals surface area contributed by atoms with Crippen LogP contribution in [-0.2, 0) is 4.43 Å². The number of allylic oxidation sites excluding steroid dienone is 1. The summed E-state index contributed by atoms with van der Waals surface area (Å²) >= 11 is 0. The second-order valence-corrected chi connectivity index (χ2v) is 9.11. The van der Waals surface area contributed by atoms with Crippen molar-refractivity contribution in [2.75, 3.05) is 0 Å². The van der Waals surface area contributed by atoms with E-state index in [4.69, 9.17) is 9.69 Å². The van der Waals surface area contributed by atoms with Gasteiger partial charge in [0.2, 0.25) is 8.32 Å². The topological polar surface area (TPSA) is 76.2 Å². The van der Waals surface area contributed by atoms with Crippen molar-refractivity contribution >= 4 is 20.1 Å². The van der Waals surface area contributed by atoms with Crippen molar-refractivity contribution < 1.29 is 9.35 Å². The highest BCUT2D eigenvalue weighted by molar-refractivity contribution is 6.70. The van der Waals surface area contributed by atoms with E-state index >= 15 is 0 Å². The summed E-state index contributed by atoms with van der Waals surface area (Å²) in [7, 11) is -1.82. The van der Waals surface area contributed by atoms with Gasteiger partial charge in [-0.2, -0.15) is 5.26 Å². The number of hydrogen-bond donors (Lipinski definition) is 0. The molecule has 0 saturated carbocycles. The standard InChI is InChI=1S/C12H14N2O3Si/c1-18(2,3)17-12(9-13)8-10-4-6-11(7-5-10)14(15)16/h4-8H,1-3H3/b12-8-. The van der Waals surface area contributed by atoms with Crippen LogP contribution in [0.1, 0.15) is 5.56 Å². The van der Waals surface area contributed by atoms with E-state index in [0.717, 1.165) is 0 Å². The number of rotatable bonds is 4. The van der Waals surface area contributed by atoms with Crippen LogP contribution in [0.4, 0.5) is 5.69 Å². The van der Waals surface area contributed by atoms with Gasteiger partial charge in [-0.25, -0.2) is 0 Å². The van der Waals surface area contributed by atoms with Gasteiger partial charge in [-0.1, -0.05) is 0 Å². The predicted molar refractivity (Wildman–Crippen MR) is 71.1 cm³/mol. The zero-order valence-corrected chi connectivity index (χ0v) is 11.5. The van der Waals surface area contributed by atoms with E-state index in [1.807, 2.05) is 25.7 Å². The largest absolute Gasteiger partial charge is 0.537 e. The van der Waals surface area contributed by atoms with Gasteiger partial charge in [-0.05, 0) is 43.4 Å². The molecule has 0 unspecified atom stereocenters. The Kier molecular flexibility index (Phi) is 4.23. The zero-order chi connectivity index (χ0) is 13.8. The molecule has 0 aliphatic heterocycles. The van der Waals surface area contributed by atoms with E-state index in [-0.39, 0.29) is 11.4 Å². The first-order valence-corrected chi connectivity index (χ1v) is 8.78. The highest BCUT2D eigenvalue weighted by Gasteiger charge is 2.17. The molecular formula is C12H14N2O3Si. The van der Waals surface area contributed by atoms with E-state index in [2.05, 4.69) is 0 Å². The van der Waals surface area contributed by atoms with Crippen molar-refractivity contribution in [1.82, 2.24) is 0 Å². The van der Waals surface area contributed by atoms with Gasteiger partial charge in [0, 0.05) is 12.1 Å². The third kappa shape index (κ3) is 4.39. The summed E-state index contributed by atoms with van der Waals surface area (Å²) in [6.07, 6.45) is 1.59. The van der Waals surface area contributed by atoms with E-state index in [9.17, 15) is 10.1 Å². The molecular weight excluding hydrogens is 248 g/mol. The Morgan fingerprint density at radius 2 is 1.94 bits per heavy atom. The number of nitro benzene ring substituents is 1. The number of nitro groups is 1. The van der Waals surface area contributed by atoms with Crippen molar-refractivity contribution in [2.45, 2.75) is 19.6 Å². The van der Waals surface area contributed by atoms with E-state index in [0.29, 0.717) is 5.56 Å². The minimum absolute atomic E-state index is 0.0248. The van der Waals surface area contributed by atoms with Gasteiger partial charge in [0.15, 0.2) is 5.76 Å². The Morgan fingerprint density at radius 3 is 2.33 bits per heavy atom. The van der Waals surface area contributed by atoms with Gasteiger partial charge in [-0.3, -0.25) is 10.1 Å². The molecule has 0 heterocycles. The summed E-state index contributed by atoms with van der Waals surface area (Å²) in [5.41, 5.74) is 0.729. The van der Waals surface area contributed by atoms with Crippen molar-refractivity contribution in [3.8, 4) is 6.07 Å². The van der Waals surface area contributed by atoms with Crippen LogP contribution in [0, 0.1) is 21.4 Å². The maximum absolute atomic E-state index is 10.5. The predicted octanol–water partition coefficient (Wildman–Crippen LogP) is 3.31. The lowest BCUT2D eigenvalue weighted by Gasteiger charge is -2.17. The molecule has 0 amide bonds. The van der Waals surface area contributed by atoms with Crippen molar-refractivity contribution in [1.29, 1.82) is 5.26 Å². The first-order chi connectivity index (χ1) is 8.31. The Labute approximate surface area is 107 Å². The van der Waals surface area contributed by atoms with Gasteiger partial charge >= 0.3 is 0 Å². The average molecular weight is 262 g/mol. The molecule has 0 N–H and O–H groups in total. The fourth-order valence-electron chi connectivity index (χ4n) is 1.26. The van der Waals surface area contributed by atoms with Crippen molar-refractivity contribution in [3.63, 3.8) is 0 Å². The van der Waals surface area contributed by atoms with Crippen LogP contribution < -0.4 is 0 Å². The van der Waals surface area contributed by atoms with Crippen LogP contribution >= 0.6 is 0 Å². The number of benzene rings is 1. The van der Waals surface area contributed by atoms with Crippen LogP contribution in [0.25, 0.3) is 6.08 Å². The summed E-state index contributed by atoms with van der Waals surface area (Å²) in [4.78, 5) is 10.0. The van der Waals surface area contributed by atoms with Gasteiger partial charge in [-0.15, -0.1) is 0 Å². The Hall–Kier alpha value is -2.13. The second kappa shape index (κ2) is 5.47. The molecule has 18 heavy (non-hydrogen) atoms. The van der Waals surface area contributed by atoms with Crippen LogP contribution in [0.3, 0.4) is 0 Å². The van der Waals surface area contributed by atoms with Gasteiger partial charge in [0.1, 0.15) is 6.07 Å². The smallest absolute Gasteiger partial charge is 0.269 e. The molecule has 0 saturated heterocycles. The molecule has 5 nitrogen and oxygen atoms in total. The van der Waals surface area contributed by atoms with Gasteiger partial charge in [0.25, 0.3) is 5.69 Å². The first-order valence-electron chi connectivity index (χ1n) is 5.37. The van der Waals surface area contributed by atoms with Crippen LogP contribution in [-0.4, -0.2) is 13.2 Å². The van der Waals surface area contributed by atoms with Crippen LogP contribution in [0.15, 0.2) is 30.0 Å². The minimum Gasteiger partial charge on any atom is -0.537 e. The van der Waals surface area contributed by atoms with Crippen LogP contribution in [0.2, 0.25) is 19.6 Å². The normalized spacial score (nSPS) is 11.8. The van der Waals surface area contributed by atoms with Gasteiger partial charge < -0.3 is 4.43 Å². The molecule has 1 aromatic rings. The third-order valence-corrected chi connectivity index (χ3v) is 2.76. The zero-order valence-electron chi connectivity index (χ0n) is 10.5. The lowest BCUT2D eigenvalue weighted by molar-refractivity contribution is -0.384. The molecule has 0 aromatic heterocycles. The molecule has 0 aliphatic carbocycles. The third-order valence-electron chi connectivity index (χ3n) is 1.93. The first kappa shape index (κ1) is 13.9. The molecule has 0 spiro atoms. The summed E-state index contributed by atoms with van der Waals surface area (Å²) in [5.74, 6) is 0.239. The Bertz CT molecular complexity index is 510. The average Bonchev–Trinajstić information content (AvgIpc) is 2.27. The quantitative estimate of drug-likeness (QED) is 0.274. The number of nitriles is 1. The fourth-order valence-corrected chi connectivity index (χ4v) is 2.02. The van der Waals surface area contributed by atoms with E-state index in [1.165, 1.54) is 12.1 Å². The minimum atomic E-state index is -1.82. The van der Waals surface area contributed by atoms with Crippen molar-refractivity contribution in [3.05, 3.63) is 45.7 Å². The highest BCUT2D eigenvalue weighted by atomic mass is 28.4. The lowest BCUT2D eigenvalue weighted by Crippen LogP contribution is -2.24. The summed E-state index contributed by atoms with van der Waals surface area (Å²) < 4.78 is 5.57. The maximum atomic E-state index is 10.5. The molecule has 1 rings (SSSR count). The Morgan fingerprint density at radius 1 is 1.39 bits per heavy atom. The summed E-state index contributed by atoms with van der Waals surface area (Å²) in [5, 5.41) is 19.5. The lowest BCUT2D eigenvalue weighted by atomic mass is 10.2. The summed E-state index contributed by atoms with van der Waals surface area (Å²) in [6.45, 7) is 5.94. The van der Waals surface area contributed by atoms with E-state index < -0.39 is 13.2 Å².